The van der Waals surface area contributed by atoms with Crippen molar-refractivity contribution in [3.05, 3.63) is 65.6 Å². The number of rotatable bonds is 3. The van der Waals surface area contributed by atoms with Crippen molar-refractivity contribution in [2.75, 3.05) is 11.4 Å². The van der Waals surface area contributed by atoms with E-state index in [1.807, 2.05) is 54.4 Å². The zero-order chi connectivity index (χ0) is 19.3. The highest BCUT2D eigenvalue weighted by atomic mass is 16.5. The number of anilines is 1. The number of aromatic amines is 1. The average Bonchev–Trinajstić information content (AvgIpc) is 3.40. The minimum absolute atomic E-state index is 0.0695. The number of nitrogens with zero attached hydrogens (tertiary/aromatic N) is 3. The van der Waals surface area contributed by atoms with E-state index in [0.717, 1.165) is 27.7 Å². The molecule has 1 saturated heterocycles. The van der Waals surface area contributed by atoms with Crippen molar-refractivity contribution in [3.8, 4) is 11.5 Å². The van der Waals surface area contributed by atoms with Gasteiger partial charge in [-0.1, -0.05) is 28.9 Å². The molecule has 6 heteroatoms. The molecular weight excluding hydrogens is 352 g/mol. The molecule has 3 heterocycles. The fourth-order valence-electron chi connectivity index (χ4n) is 3.92. The third-order valence-corrected chi connectivity index (χ3v) is 5.38. The van der Waals surface area contributed by atoms with E-state index in [9.17, 15) is 4.79 Å². The fourth-order valence-corrected chi connectivity index (χ4v) is 3.92. The number of fused-ring (bicyclic) bond motifs is 1. The number of aromatic nitrogens is 3. The van der Waals surface area contributed by atoms with Gasteiger partial charge in [-0.15, -0.1) is 0 Å². The standard InChI is InChI=1S/C22H20N4O2/c1-13-3-6-19(14(2)9-13)26-12-17(11-20(26)27)21-24-22(28-25-21)16-5-4-15-7-8-23-18(15)10-16/h3-10,17,23H,11-12H2,1-2H3. The lowest BCUT2D eigenvalue weighted by Crippen LogP contribution is -2.25. The predicted molar refractivity (Wildman–Crippen MR) is 107 cm³/mol. The minimum atomic E-state index is -0.0695. The van der Waals surface area contributed by atoms with Gasteiger partial charge < -0.3 is 14.4 Å². The Morgan fingerprint density at radius 3 is 2.89 bits per heavy atom. The highest BCUT2D eigenvalue weighted by Crippen LogP contribution is 2.33. The second-order valence-corrected chi connectivity index (χ2v) is 7.43. The molecule has 2 aromatic heterocycles. The van der Waals surface area contributed by atoms with Crippen LogP contribution in [0.4, 0.5) is 5.69 Å². The van der Waals surface area contributed by atoms with Gasteiger partial charge in [0.15, 0.2) is 5.82 Å². The van der Waals surface area contributed by atoms with Crippen LogP contribution in [0.2, 0.25) is 0 Å². The molecule has 1 fully saturated rings. The summed E-state index contributed by atoms with van der Waals surface area (Å²) in [5, 5.41) is 5.30. The lowest BCUT2D eigenvalue weighted by Gasteiger charge is -2.19. The van der Waals surface area contributed by atoms with Crippen molar-refractivity contribution in [1.82, 2.24) is 15.1 Å². The first-order valence-electron chi connectivity index (χ1n) is 9.37. The van der Waals surface area contributed by atoms with Crippen molar-refractivity contribution < 1.29 is 9.32 Å². The van der Waals surface area contributed by atoms with E-state index in [1.165, 1.54) is 5.56 Å². The molecule has 0 aliphatic carbocycles. The van der Waals surface area contributed by atoms with Crippen molar-refractivity contribution in [1.29, 1.82) is 0 Å². The Morgan fingerprint density at radius 1 is 1.14 bits per heavy atom. The van der Waals surface area contributed by atoms with E-state index in [-0.39, 0.29) is 11.8 Å². The number of aryl methyl sites for hydroxylation is 2. The SMILES string of the molecule is Cc1ccc(N2CC(c3noc(-c4ccc5cc[nH]c5c4)n3)CC2=O)c(C)c1. The van der Waals surface area contributed by atoms with Crippen molar-refractivity contribution in [2.24, 2.45) is 0 Å². The number of hydrogen-bond donors (Lipinski definition) is 1. The smallest absolute Gasteiger partial charge is 0.258 e. The van der Waals surface area contributed by atoms with Crippen LogP contribution in [0.5, 0.6) is 0 Å². The Kier molecular flexibility index (Phi) is 3.79. The Hall–Kier alpha value is -3.41. The molecule has 2 aromatic carbocycles. The highest BCUT2D eigenvalue weighted by molar-refractivity contribution is 5.97. The molecule has 0 spiro atoms. The molecule has 28 heavy (non-hydrogen) atoms. The molecule has 0 radical (unpaired) electrons. The summed E-state index contributed by atoms with van der Waals surface area (Å²) < 4.78 is 5.50. The normalized spacial score (nSPS) is 17.0. The molecule has 5 rings (SSSR count). The lowest BCUT2D eigenvalue weighted by atomic mass is 10.1. The highest BCUT2D eigenvalue weighted by Gasteiger charge is 2.35. The van der Waals surface area contributed by atoms with E-state index < -0.39 is 0 Å². The van der Waals surface area contributed by atoms with Gasteiger partial charge in [-0.25, -0.2) is 0 Å². The third-order valence-electron chi connectivity index (χ3n) is 5.38. The molecule has 140 valence electrons. The summed E-state index contributed by atoms with van der Waals surface area (Å²) >= 11 is 0. The molecule has 1 atom stereocenters. The zero-order valence-corrected chi connectivity index (χ0v) is 15.8. The number of carbonyl (C=O) groups is 1. The van der Waals surface area contributed by atoms with E-state index in [1.54, 1.807) is 0 Å². The van der Waals surface area contributed by atoms with E-state index >= 15 is 0 Å². The largest absolute Gasteiger partial charge is 0.361 e. The quantitative estimate of drug-likeness (QED) is 0.580. The van der Waals surface area contributed by atoms with Gasteiger partial charge in [0, 0.05) is 41.8 Å². The summed E-state index contributed by atoms with van der Waals surface area (Å²) in [5.74, 6) is 1.09. The Balaban J connectivity index is 1.41. The number of nitrogens with one attached hydrogen (secondary N) is 1. The Labute approximate surface area is 162 Å². The summed E-state index contributed by atoms with van der Waals surface area (Å²) in [4.78, 5) is 22.2. The maximum Gasteiger partial charge on any atom is 0.258 e. The van der Waals surface area contributed by atoms with Crippen LogP contribution in [-0.4, -0.2) is 27.6 Å². The molecule has 0 bridgehead atoms. The van der Waals surface area contributed by atoms with Crippen LogP contribution in [-0.2, 0) is 4.79 Å². The van der Waals surface area contributed by atoms with Crippen LogP contribution in [0.15, 0.2) is 53.2 Å². The number of benzene rings is 2. The predicted octanol–water partition coefficient (Wildman–Crippen LogP) is 4.36. The molecule has 1 aliphatic heterocycles. The molecule has 1 N–H and O–H groups in total. The maximum absolute atomic E-state index is 12.6. The van der Waals surface area contributed by atoms with Gasteiger partial charge in [0.2, 0.25) is 5.91 Å². The summed E-state index contributed by atoms with van der Waals surface area (Å²) in [6.45, 7) is 4.65. The third kappa shape index (κ3) is 2.78. The summed E-state index contributed by atoms with van der Waals surface area (Å²) in [7, 11) is 0. The fraction of sp³-hybridized carbons (Fsp3) is 0.227. The second kappa shape index (κ2) is 6.34. The number of H-pyrrole nitrogens is 1. The average molecular weight is 372 g/mol. The molecule has 1 amide bonds. The summed E-state index contributed by atoms with van der Waals surface area (Å²) in [6, 6.07) is 14.1. The number of hydrogen-bond acceptors (Lipinski definition) is 4. The monoisotopic (exact) mass is 372 g/mol. The van der Waals surface area contributed by atoms with Crippen molar-refractivity contribution in [2.45, 2.75) is 26.2 Å². The van der Waals surface area contributed by atoms with Gasteiger partial charge in [0.05, 0.1) is 0 Å². The van der Waals surface area contributed by atoms with Gasteiger partial charge in [-0.05, 0) is 49.1 Å². The van der Waals surface area contributed by atoms with E-state index in [4.69, 9.17) is 4.52 Å². The number of carbonyl (C=O) groups excluding carboxylic acids is 1. The summed E-state index contributed by atoms with van der Waals surface area (Å²) in [6.07, 6.45) is 2.29. The Morgan fingerprint density at radius 2 is 2.04 bits per heavy atom. The van der Waals surface area contributed by atoms with Crippen LogP contribution in [0.3, 0.4) is 0 Å². The summed E-state index contributed by atoms with van der Waals surface area (Å²) in [5.41, 5.74) is 5.13. The van der Waals surface area contributed by atoms with Crippen LogP contribution in [0.25, 0.3) is 22.4 Å². The molecule has 1 unspecified atom stereocenters. The molecule has 0 saturated carbocycles. The van der Waals surface area contributed by atoms with Crippen LogP contribution >= 0.6 is 0 Å². The van der Waals surface area contributed by atoms with Gasteiger partial charge in [0.1, 0.15) is 0 Å². The second-order valence-electron chi connectivity index (χ2n) is 7.43. The first-order valence-corrected chi connectivity index (χ1v) is 9.37. The van der Waals surface area contributed by atoms with Crippen LogP contribution < -0.4 is 4.90 Å². The minimum Gasteiger partial charge on any atom is -0.361 e. The van der Waals surface area contributed by atoms with E-state index in [0.29, 0.717) is 24.7 Å². The van der Waals surface area contributed by atoms with Gasteiger partial charge in [-0.3, -0.25) is 4.79 Å². The maximum atomic E-state index is 12.6. The van der Waals surface area contributed by atoms with Gasteiger partial charge in [-0.2, -0.15) is 4.98 Å². The Bertz CT molecular complexity index is 1190. The molecule has 1 aliphatic rings. The van der Waals surface area contributed by atoms with Gasteiger partial charge >= 0.3 is 0 Å². The molecule has 6 nitrogen and oxygen atoms in total. The van der Waals surface area contributed by atoms with Crippen molar-refractivity contribution >= 4 is 22.5 Å². The van der Waals surface area contributed by atoms with Crippen LogP contribution in [0, 0.1) is 13.8 Å². The van der Waals surface area contributed by atoms with Gasteiger partial charge in [0.25, 0.3) is 5.89 Å². The van der Waals surface area contributed by atoms with E-state index in [2.05, 4.69) is 28.1 Å². The topological polar surface area (TPSA) is 75.0 Å². The van der Waals surface area contributed by atoms with Crippen molar-refractivity contribution in [3.63, 3.8) is 0 Å². The zero-order valence-electron chi connectivity index (χ0n) is 15.8. The van der Waals surface area contributed by atoms with Crippen LogP contribution in [0.1, 0.15) is 29.3 Å². The first-order chi connectivity index (χ1) is 13.6. The number of amides is 1. The first kappa shape index (κ1) is 16.7. The molecule has 4 aromatic rings. The molecular formula is C22H20N4O2. The lowest BCUT2D eigenvalue weighted by molar-refractivity contribution is -0.117.